The van der Waals surface area contributed by atoms with Gasteiger partial charge in [-0.05, 0) is 103 Å². The predicted molar refractivity (Wildman–Crippen MR) is 260 cm³/mol. The summed E-state index contributed by atoms with van der Waals surface area (Å²) in [5.41, 5.74) is 0. The summed E-state index contributed by atoms with van der Waals surface area (Å²) in [5, 5.41) is 0. The molecule has 0 fully saturated rings. The molecule has 0 aliphatic carbocycles. The van der Waals surface area contributed by atoms with Crippen LogP contribution in [0.25, 0.3) is 0 Å². The first-order chi connectivity index (χ1) is 29.6. The van der Waals surface area contributed by atoms with Gasteiger partial charge in [0.25, 0.3) is 0 Å². The summed E-state index contributed by atoms with van der Waals surface area (Å²) in [6, 6.07) is 0. The maximum Gasteiger partial charge on any atom is 0.309 e. The number of ether oxygens (including phenoxy) is 3. The van der Waals surface area contributed by atoms with Crippen molar-refractivity contribution in [2.24, 2.45) is 0 Å². The minimum atomic E-state index is -0.631. The van der Waals surface area contributed by atoms with E-state index in [4.69, 9.17) is 14.2 Å². The van der Waals surface area contributed by atoms with E-state index in [1.165, 1.54) is 25.7 Å². The Morgan fingerprint density at radius 1 is 0.383 bits per heavy atom. The summed E-state index contributed by atoms with van der Waals surface area (Å²) in [6.45, 7) is 7.23. The summed E-state index contributed by atoms with van der Waals surface area (Å²) in [7, 11) is 0. The number of carbonyl (C=O) groups excluding carboxylic acids is 2. The Labute approximate surface area is 368 Å². The van der Waals surface area contributed by atoms with Gasteiger partial charge in [-0.1, -0.05) is 192 Å². The van der Waals surface area contributed by atoms with Crippen LogP contribution in [0.2, 0.25) is 0 Å². The zero-order valence-electron chi connectivity index (χ0n) is 38.2. The first kappa shape index (κ1) is 55.8. The molecule has 0 saturated heterocycles. The van der Waals surface area contributed by atoms with Crippen LogP contribution in [0.3, 0.4) is 0 Å². The number of rotatable bonds is 40. The fraction of sp³-hybridized carbons (Fsp3) is 0.527. The van der Waals surface area contributed by atoms with Crippen molar-refractivity contribution >= 4 is 11.9 Å². The Balaban J connectivity index is 4.54. The highest BCUT2D eigenvalue weighted by atomic mass is 16.6. The molecule has 0 aliphatic rings. The highest BCUT2D eigenvalue weighted by molar-refractivity contribution is 5.71. The van der Waals surface area contributed by atoms with Crippen molar-refractivity contribution in [3.05, 3.63) is 146 Å². The molecule has 0 aromatic rings. The summed E-state index contributed by atoms with van der Waals surface area (Å²) in [5.74, 6) is -0.661. The van der Waals surface area contributed by atoms with Gasteiger partial charge >= 0.3 is 11.9 Å². The summed E-state index contributed by atoms with van der Waals surface area (Å²) < 4.78 is 17.1. The van der Waals surface area contributed by atoms with Crippen LogP contribution in [0.5, 0.6) is 0 Å². The highest BCUT2D eigenvalue weighted by Gasteiger charge is 2.17. The molecule has 1 unspecified atom stereocenters. The molecular formula is C55H84O5. The van der Waals surface area contributed by atoms with Gasteiger partial charge in [0, 0.05) is 13.0 Å². The van der Waals surface area contributed by atoms with E-state index in [1.807, 2.05) is 18.2 Å². The third kappa shape index (κ3) is 46.5. The van der Waals surface area contributed by atoms with Crippen LogP contribution in [-0.2, 0) is 23.8 Å². The van der Waals surface area contributed by atoms with Gasteiger partial charge in [0.2, 0.25) is 0 Å². The molecule has 0 aromatic carbocycles. The molecule has 5 nitrogen and oxygen atoms in total. The standard InChI is InChI=1S/C55H84O5/c1-4-7-10-13-16-19-22-25-27-29-32-35-38-41-44-47-50-58-51-53(60-55(57)49-46-43-40-37-34-30-24-21-18-15-12-9-6-3)52-59-54(56)48-45-42-39-36-33-31-28-26-23-20-17-14-11-8-5-2/h7-12,16-21,25-28,30,33-34,36,40,42-43,45,53H,4-6,13-15,22-24,29,31-32,35,37-39,41,44,46-52H2,1-3H3/b10-7-,11-8-,12-9-,19-16-,20-17-,21-18-,27-25-,28-26-,34-30-,36-33-,43-40-,45-42-. The van der Waals surface area contributed by atoms with Crippen molar-refractivity contribution in [2.45, 2.75) is 168 Å². The maximum absolute atomic E-state index is 12.7. The van der Waals surface area contributed by atoms with Crippen molar-refractivity contribution in [1.82, 2.24) is 0 Å². The Hall–Kier alpha value is -4.22. The van der Waals surface area contributed by atoms with Crippen molar-refractivity contribution in [3.63, 3.8) is 0 Å². The van der Waals surface area contributed by atoms with Crippen LogP contribution in [-0.4, -0.2) is 37.9 Å². The third-order valence-electron chi connectivity index (χ3n) is 8.90. The van der Waals surface area contributed by atoms with Gasteiger partial charge in [-0.2, -0.15) is 0 Å². The topological polar surface area (TPSA) is 61.8 Å². The lowest BCUT2D eigenvalue weighted by Gasteiger charge is -2.18. The molecule has 334 valence electrons. The lowest BCUT2D eigenvalue weighted by molar-refractivity contribution is -0.162. The average Bonchev–Trinajstić information content (AvgIpc) is 3.25. The number of unbranched alkanes of at least 4 members (excludes halogenated alkanes) is 6. The largest absolute Gasteiger partial charge is 0.461 e. The van der Waals surface area contributed by atoms with E-state index >= 15 is 0 Å². The lowest BCUT2D eigenvalue weighted by atomic mass is 10.1. The Bertz CT molecular complexity index is 1350. The molecule has 0 N–H and O–H groups in total. The highest BCUT2D eigenvalue weighted by Crippen LogP contribution is 2.09. The number of allylic oxidation sites excluding steroid dienone is 23. The molecule has 0 rings (SSSR count). The maximum atomic E-state index is 12.7. The lowest BCUT2D eigenvalue weighted by Crippen LogP contribution is -2.30. The smallest absolute Gasteiger partial charge is 0.309 e. The molecule has 1 atom stereocenters. The molecule has 0 amide bonds. The number of hydrogen-bond acceptors (Lipinski definition) is 5. The monoisotopic (exact) mass is 825 g/mol. The second-order valence-corrected chi connectivity index (χ2v) is 14.5. The Morgan fingerprint density at radius 3 is 1.20 bits per heavy atom. The molecule has 0 heterocycles. The number of hydrogen-bond donors (Lipinski definition) is 0. The summed E-state index contributed by atoms with van der Waals surface area (Å²) in [4.78, 5) is 25.2. The van der Waals surface area contributed by atoms with E-state index in [9.17, 15) is 9.59 Å². The predicted octanol–water partition coefficient (Wildman–Crippen LogP) is 15.8. The summed E-state index contributed by atoms with van der Waals surface area (Å²) in [6.07, 6.45) is 71.8. The van der Waals surface area contributed by atoms with Crippen LogP contribution >= 0.6 is 0 Å². The van der Waals surface area contributed by atoms with Gasteiger partial charge < -0.3 is 14.2 Å². The van der Waals surface area contributed by atoms with Gasteiger partial charge in [-0.25, -0.2) is 0 Å². The van der Waals surface area contributed by atoms with Gasteiger partial charge in [0.1, 0.15) is 6.61 Å². The van der Waals surface area contributed by atoms with E-state index in [0.717, 1.165) is 96.3 Å². The van der Waals surface area contributed by atoms with Gasteiger partial charge in [0.05, 0.1) is 13.0 Å². The molecule has 0 bridgehead atoms. The van der Waals surface area contributed by atoms with Crippen molar-refractivity contribution < 1.29 is 23.8 Å². The fourth-order valence-corrected chi connectivity index (χ4v) is 5.55. The van der Waals surface area contributed by atoms with Gasteiger partial charge in [0.15, 0.2) is 6.10 Å². The minimum absolute atomic E-state index is 0.0136. The van der Waals surface area contributed by atoms with Crippen LogP contribution < -0.4 is 0 Å². The van der Waals surface area contributed by atoms with E-state index in [2.05, 4.69) is 148 Å². The zero-order valence-corrected chi connectivity index (χ0v) is 38.2. The Kier molecular flexibility index (Phi) is 45.7. The molecule has 0 aromatic heterocycles. The molecular weight excluding hydrogens is 741 g/mol. The second-order valence-electron chi connectivity index (χ2n) is 14.5. The zero-order chi connectivity index (χ0) is 43.5. The summed E-state index contributed by atoms with van der Waals surface area (Å²) >= 11 is 0. The number of carbonyl (C=O) groups is 2. The first-order valence-corrected chi connectivity index (χ1v) is 23.4. The average molecular weight is 825 g/mol. The Morgan fingerprint density at radius 2 is 0.750 bits per heavy atom. The second kappa shape index (κ2) is 49.1. The normalized spacial score (nSPS) is 13.6. The molecule has 60 heavy (non-hydrogen) atoms. The van der Waals surface area contributed by atoms with Gasteiger partial charge in [-0.15, -0.1) is 0 Å². The first-order valence-electron chi connectivity index (χ1n) is 23.4. The molecule has 0 spiro atoms. The molecule has 0 aliphatic heterocycles. The van der Waals surface area contributed by atoms with Crippen molar-refractivity contribution in [1.29, 1.82) is 0 Å². The quantitative estimate of drug-likeness (QED) is 0.0350. The van der Waals surface area contributed by atoms with Crippen LogP contribution in [0.15, 0.2) is 146 Å². The molecule has 0 saturated carbocycles. The molecule has 5 heteroatoms. The number of esters is 2. The van der Waals surface area contributed by atoms with E-state index < -0.39 is 6.10 Å². The van der Waals surface area contributed by atoms with Crippen molar-refractivity contribution in [2.75, 3.05) is 19.8 Å². The van der Waals surface area contributed by atoms with Gasteiger partial charge in [-0.3, -0.25) is 9.59 Å². The minimum Gasteiger partial charge on any atom is -0.461 e. The van der Waals surface area contributed by atoms with Crippen LogP contribution in [0.4, 0.5) is 0 Å². The van der Waals surface area contributed by atoms with Crippen LogP contribution in [0, 0.1) is 0 Å². The van der Waals surface area contributed by atoms with E-state index in [1.54, 1.807) is 0 Å². The van der Waals surface area contributed by atoms with E-state index in [0.29, 0.717) is 13.0 Å². The van der Waals surface area contributed by atoms with Crippen molar-refractivity contribution in [3.8, 4) is 0 Å². The van der Waals surface area contributed by atoms with E-state index in [-0.39, 0.29) is 38.0 Å². The fourth-order valence-electron chi connectivity index (χ4n) is 5.55. The molecule has 0 radical (unpaired) electrons. The third-order valence-corrected chi connectivity index (χ3v) is 8.90. The SMILES string of the molecule is CC/C=C\C/C=C\C/C=C\C/C=C\C/C=C\CC(=O)OCC(COCCCCCCCC/C=C\C/C=C\C/C=C\CC)OC(=O)CC/C=C\C/C=C\C/C=C\C/C=C\CC. The van der Waals surface area contributed by atoms with Crippen LogP contribution in [0.1, 0.15) is 162 Å².